The quantitative estimate of drug-likeness (QED) is 0.268. The van der Waals surface area contributed by atoms with Gasteiger partial charge >= 0.3 is 0 Å². The lowest BCUT2D eigenvalue weighted by Gasteiger charge is -2.17. The molecule has 6 heteroatoms. The number of hydrogen-bond donors (Lipinski definition) is 0. The predicted molar refractivity (Wildman–Crippen MR) is 101 cm³/mol. The molecular weight excluding hydrogens is 336 g/mol. The van der Waals surface area contributed by atoms with Crippen LogP contribution >= 0.6 is 11.8 Å². The third kappa shape index (κ3) is 6.65. The van der Waals surface area contributed by atoms with Gasteiger partial charge in [-0.25, -0.2) is 0 Å². The first-order valence-corrected chi connectivity index (χ1v) is 10.9. The minimum absolute atomic E-state index is 0.0231. The zero-order valence-corrected chi connectivity index (χ0v) is 16.3. The lowest BCUT2D eigenvalue weighted by molar-refractivity contribution is -0.138. The molecule has 2 aliphatic rings. The van der Waals surface area contributed by atoms with Crippen LogP contribution in [0.1, 0.15) is 71.1 Å². The van der Waals surface area contributed by atoms with Crippen molar-refractivity contribution in [1.82, 2.24) is 9.80 Å². The fraction of sp³-hybridized carbons (Fsp3) is 0.842. The van der Waals surface area contributed by atoms with Crippen molar-refractivity contribution in [2.45, 2.75) is 82.4 Å². The highest BCUT2D eigenvalue weighted by Crippen LogP contribution is 2.28. The summed E-state index contributed by atoms with van der Waals surface area (Å²) in [7, 11) is 0. The molecule has 0 aromatic carbocycles. The molecule has 1 atom stereocenters. The van der Waals surface area contributed by atoms with Gasteiger partial charge in [-0.3, -0.25) is 19.3 Å². The summed E-state index contributed by atoms with van der Waals surface area (Å²) in [5.41, 5.74) is 0. The third-order valence-electron chi connectivity index (χ3n) is 5.01. The molecule has 0 bridgehead atoms. The van der Waals surface area contributed by atoms with Crippen LogP contribution in [0.4, 0.5) is 0 Å². The molecule has 1 saturated carbocycles. The molecule has 1 unspecified atom stereocenters. The van der Waals surface area contributed by atoms with E-state index in [9.17, 15) is 14.4 Å². The van der Waals surface area contributed by atoms with Gasteiger partial charge in [-0.1, -0.05) is 45.4 Å². The Labute approximate surface area is 155 Å². The van der Waals surface area contributed by atoms with Gasteiger partial charge in [0.15, 0.2) is 0 Å². The van der Waals surface area contributed by atoms with Crippen LogP contribution in [0, 0.1) is 0 Å². The summed E-state index contributed by atoms with van der Waals surface area (Å²) in [4.78, 5) is 38.8. The van der Waals surface area contributed by atoms with Gasteiger partial charge in [-0.15, -0.1) is 11.8 Å². The van der Waals surface area contributed by atoms with E-state index < -0.39 is 0 Å². The van der Waals surface area contributed by atoms with Gasteiger partial charge in [-0.05, 0) is 19.3 Å². The molecule has 2 fully saturated rings. The monoisotopic (exact) mass is 368 g/mol. The highest BCUT2D eigenvalue weighted by atomic mass is 32.2. The molecule has 1 saturated heterocycles. The van der Waals surface area contributed by atoms with E-state index >= 15 is 0 Å². The maximum absolute atomic E-state index is 12.4. The first-order chi connectivity index (χ1) is 12.2. The van der Waals surface area contributed by atoms with Crippen molar-refractivity contribution in [1.29, 1.82) is 0 Å². The lowest BCUT2D eigenvalue weighted by Crippen LogP contribution is -2.32. The van der Waals surface area contributed by atoms with E-state index in [1.165, 1.54) is 48.8 Å². The van der Waals surface area contributed by atoms with Gasteiger partial charge < -0.3 is 4.90 Å². The van der Waals surface area contributed by atoms with Crippen LogP contribution in [-0.4, -0.2) is 58.2 Å². The number of carbonyl (C=O) groups is 3. The van der Waals surface area contributed by atoms with Crippen LogP contribution < -0.4 is 0 Å². The van der Waals surface area contributed by atoms with Crippen molar-refractivity contribution >= 4 is 30.0 Å². The minimum Gasteiger partial charge on any atom is -0.341 e. The normalized spacial score (nSPS) is 20.4. The Balaban J connectivity index is 1.60. The molecule has 0 N–H and O–H groups in total. The second-order valence-corrected chi connectivity index (χ2v) is 8.45. The first kappa shape index (κ1) is 20.3. The van der Waals surface area contributed by atoms with E-state index in [1.54, 1.807) is 0 Å². The van der Waals surface area contributed by atoms with E-state index in [0.29, 0.717) is 25.6 Å². The fourth-order valence-corrected chi connectivity index (χ4v) is 4.40. The molecule has 25 heavy (non-hydrogen) atoms. The van der Waals surface area contributed by atoms with Gasteiger partial charge in [0.2, 0.25) is 18.2 Å². The number of thioether (sulfide) groups is 1. The predicted octanol–water partition coefficient (Wildman–Crippen LogP) is 3.22. The fourth-order valence-electron chi connectivity index (χ4n) is 3.27. The summed E-state index contributed by atoms with van der Waals surface area (Å²) in [6.45, 7) is 3.46. The molecule has 2 rings (SSSR count). The molecule has 1 aliphatic carbocycles. The second kappa shape index (κ2) is 10.8. The molecule has 0 aromatic heterocycles. The topological polar surface area (TPSA) is 57.7 Å². The molecule has 0 radical (unpaired) electrons. The van der Waals surface area contributed by atoms with Gasteiger partial charge in [0.25, 0.3) is 0 Å². The SMILES string of the molecule is CCCCCCCCCN1C(=O)CC(SCCN(C=O)C2CC2)C1=O. The summed E-state index contributed by atoms with van der Waals surface area (Å²) < 4.78 is 0. The average molecular weight is 369 g/mol. The third-order valence-corrected chi connectivity index (χ3v) is 6.20. The summed E-state index contributed by atoms with van der Waals surface area (Å²) in [6.07, 6.45) is 11.7. The summed E-state index contributed by atoms with van der Waals surface area (Å²) in [6, 6.07) is 0.410. The standard InChI is InChI=1S/C19H32N2O3S/c1-2-3-4-5-6-7-8-11-21-18(23)14-17(19(21)24)25-13-12-20(15-22)16-9-10-16/h15-17H,2-14H2,1H3. The Morgan fingerprint density at radius 3 is 2.44 bits per heavy atom. The average Bonchev–Trinajstić information content (AvgIpc) is 3.40. The van der Waals surface area contributed by atoms with E-state index in [0.717, 1.165) is 37.8 Å². The van der Waals surface area contributed by atoms with Crippen molar-refractivity contribution in [3.05, 3.63) is 0 Å². The molecule has 1 aliphatic heterocycles. The number of rotatable bonds is 14. The highest BCUT2D eigenvalue weighted by Gasteiger charge is 2.38. The van der Waals surface area contributed by atoms with Crippen LogP contribution in [0.25, 0.3) is 0 Å². The molecule has 0 aromatic rings. The van der Waals surface area contributed by atoms with Crippen molar-refractivity contribution in [2.75, 3.05) is 18.8 Å². The molecule has 142 valence electrons. The van der Waals surface area contributed by atoms with Gasteiger partial charge in [0.05, 0.1) is 5.25 Å². The van der Waals surface area contributed by atoms with Crippen molar-refractivity contribution in [3.8, 4) is 0 Å². The van der Waals surface area contributed by atoms with E-state index in [2.05, 4.69) is 6.92 Å². The van der Waals surface area contributed by atoms with Gasteiger partial charge in [0, 0.05) is 31.3 Å². The van der Waals surface area contributed by atoms with Crippen LogP contribution in [0.2, 0.25) is 0 Å². The van der Waals surface area contributed by atoms with Crippen LogP contribution in [0.5, 0.6) is 0 Å². The highest BCUT2D eigenvalue weighted by molar-refractivity contribution is 8.00. The Morgan fingerprint density at radius 2 is 1.80 bits per heavy atom. The lowest BCUT2D eigenvalue weighted by atomic mass is 10.1. The number of unbranched alkanes of at least 4 members (excludes halogenated alkanes) is 6. The van der Waals surface area contributed by atoms with Crippen molar-refractivity contribution < 1.29 is 14.4 Å². The van der Waals surface area contributed by atoms with Crippen molar-refractivity contribution in [3.63, 3.8) is 0 Å². The Hall–Kier alpha value is -1.04. The second-order valence-electron chi connectivity index (χ2n) is 7.14. The summed E-state index contributed by atoms with van der Waals surface area (Å²) in [5, 5.41) is -0.246. The number of nitrogens with zero attached hydrogens (tertiary/aromatic N) is 2. The number of likely N-dealkylation sites (tertiary alicyclic amines) is 1. The molecule has 5 nitrogen and oxygen atoms in total. The summed E-state index contributed by atoms with van der Waals surface area (Å²) in [5.74, 6) is 0.678. The Morgan fingerprint density at radius 1 is 1.12 bits per heavy atom. The zero-order valence-electron chi connectivity index (χ0n) is 15.5. The van der Waals surface area contributed by atoms with Gasteiger partial charge in [0.1, 0.15) is 0 Å². The van der Waals surface area contributed by atoms with Gasteiger partial charge in [-0.2, -0.15) is 0 Å². The first-order valence-electron chi connectivity index (χ1n) is 9.84. The zero-order chi connectivity index (χ0) is 18.1. The molecule has 0 spiro atoms. The van der Waals surface area contributed by atoms with Crippen LogP contribution in [-0.2, 0) is 14.4 Å². The van der Waals surface area contributed by atoms with E-state index in [-0.39, 0.29) is 17.1 Å². The number of carbonyl (C=O) groups excluding carboxylic acids is 3. The maximum atomic E-state index is 12.4. The number of imide groups is 1. The molecular formula is C19H32N2O3S. The van der Waals surface area contributed by atoms with Crippen LogP contribution in [0.3, 0.4) is 0 Å². The number of hydrogen-bond acceptors (Lipinski definition) is 4. The summed E-state index contributed by atoms with van der Waals surface area (Å²) >= 11 is 1.53. The Bertz CT molecular complexity index is 454. The minimum atomic E-state index is -0.246. The maximum Gasteiger partial charge on any atom is 0.242 e. The largest absolute Gasteiger partial charge is 0.341 e. The molecule has 1 heterocycles. The van der Waals surface area contributed by atoms with E-state index in [4.69, 9.17) is 0 Å². The van der Waals surface area contributed by atoms with Crippen molar-refractivity contribution in [2.24, 2.45) is 0 Å². The Kier molecular flexibility index (Phi) is 8.79. The van der Waals surface area contributed by atoms with E-state index in [1.807, 2.05) is 4.90 Å². The molecule has 3 amide bonds. The van der Waals surface area contributed by atoms with Crippen LogP contribution in [0.15, 0.2) is 0 Å². The smallest absolute Gasteiger partial charge is 0.242 e. The number of amides is 3.